The van der Waals surface area contributed by atoms with Gasteiger partial charge >= 0.3 is 0 Å². The lowest BCUT2D eigenvalue weighted by molar-refractivity contribution is -0.162. The molecule has 1 aromatic carbocycles. The van der Waals surface area contributed by atoms with Gasteiger partial charge in [-0.3, -0.25) is 0 Å². The van der Waals surface area contributed by atoms with E-state index in [1.54, 1.807) is 0 Å². The summed E-state index contributed by atoms with van der Waals surface area (Å²) in [6, 6.07) is 10.7. The largest absolute Gasteiger partial charge is 0.381 e. The molecule has 1 aliphatic heterocycles. The van der Waals surface area contributed by atoms with Crippen molar-refractivity contribution in [2.75, 3.05) is 26.4 Å². The summed E-state index contributed by atoms with van der Waals surface area (Å²) < 4.78 is 17.1. The Morgan fingerprint density at radius 3 is 1.97 bits per heavy atom. The van der Waals surface area contributed by atoms with E-state index < -0.39 is 0 Å². The highest BCUT2D eigenvalue weighted by atomic mass is 16.7. The second-order valence-corrected chi connectivity index (χ2v) is 8.40. The van der Waals surface area contributed by atoms with E-state index in [0.717, 1.165) is 45.7 Å². The van der Waals surface area contributed by atoms with Gasteiger partial charge in [-0.25, -0.2) is 0 Å². The second kappa shape index (κ2) is 17.9. The van der Waals surface area contributed by atoms with Gasteiger partial charge in [0, 0.05) is 26.4 Å². The molecule has 1 aromatic rings. The maximum Gasteiger partial charge on any atom is 0.157 e. The molecular weight excluding hydrogens is 360 g/mol. The second-order valence-electron chi connectivity index (χ2n) is 8.40. The third-order valence-electron chi connectivity index (χ3n) is 5.72. The lowest BCUT2D eigenvalue weighted by Crippen LogP contribution is -2.22. The minimum absolute atomic E-state index is 0.0865. The topological polar surface area (TPSA) is 27.7 Å². The van der Waals surface area contributed by atoms with Crippen LogP contribution in [0.2, 0.25) is 0 Å². The summed E-state index contributed by atoms with van der Waals surface area (Å²) in [6.45, 7) is 3.59. The van der Waals surface area contributed by atoms with E-state index >= 15 is 0 Å². The van der Waals surface area contributed by atoms with Crippen LogP contribution in [-0.4, -0.2) is 32.7 Å². The van der Waals surface area contributed by atoms with Crippen molar-refractivity contribution in [1.82, 2.24) is 0 Å². The molecule has 1 aliphatic rings. The fraction of sp³-hybridized carbons (Fsp3) is 0.769. The van der Waals surface area contributed by atoms with Crippen molar-refractivity contribution in [3.63, 3.8) is 0 Å². The van der Waals surface area contributed by atoms with Crippen molar-refractivity contribution in [1.29, 1.82) is 0 Å². The number of rotatable bonds is 18. The fourth-order valence-corrected chi connectivity index (χ4v) is 3.90. The summed E-state index contributed by atoms with van der Waals surface area (Å²) in [5.41, 5.74) is 1.42. The Kier molecular flexibility index (Phi) is 15.1. The molecule has 0 N–H and O–H groups in total. The van der Waals surface area contributed by atoms with Crippen LogP contribution < -0.4 is 0 Å². The first kappa shape index (κ1) is 24.4. The van der Waals surface area contributed by atoms with E-state index in [2.05, 4.69) is 30.3 Å². The highest BCUT2D eigenvalue weighted by Gasteiger charge is 2.13. The van der Waals surface area contributed by atoms with Crippen LogP contribution in [0.15, 0.2) is 30.3 Å². The molecule has 0 spiro atoms. The summed E-state index contributed by atoms with van der Waals surface area (Å²) in [5.74, 6) is 0. The van der Waals surface area contributed by atoms with E-state index in [1.807, 2.05) is 0 Å². The lowest BCUT2D eigenvalue weighted by atomic mass is 10.1. The number of hydrogen-bond donors (Lipinski definition) is 0. The molecule has 3 heteroatoms. The Labute approximate surface area is 179 Å². The molecule has 0 bridgehead atoms. The van der Waals surface area contributed by atoms with Gasteiger partial charge in [0.15, 0.2) is 6.29 Å². The average Bonchev–Trinajstić information content (AvgIpc) is 2.77. The zero-order valence-electron chi connectivity index (χ0n) is 18.6. The number of hydrogen-bond acceptors (Lipinski definition) is 3. The first-order valence-electron chi connectivity index (χ1n) is 12.3. The van der Waals surface area contributed by atoms with Crippen LogP contribution in [0, 0.1) is 0 Å². The molecule has 166 valence electrons. The normalized spacial score (nSPS) is 16.9. The van der Waals surface area contributed by atoms with E-state index in [4.69, 9.17) is 14.2 Å². The Hall–Kier alpha value is -0.900. The molecule has 0 aromatic heterocycles. The zero-order chi connectivity index (χ0) is 20.2. The van der Waals surface area contributed by atoms with Crippen molar-refractivity contribution in [3.05, 3.63) is 35.9 Å². The highest BCUT2D eigenvalue weighted by Crippen LogP contribution is 2.15. The Balaban J connectivity index is 1.21. The monoisotopic (exact) mass is 404 g/mol. The van der Waals surface area contributed by atoms with Gasteiger partial charge in [-0.2, -0.15) is 0 Å². The molecule has 2 rings (SSSR count). The Morgan fingerprint density at radius 1 is 0.690 bits per heavy atom. The molecule has 1 saturated heterocycles. The van der Waals surface area contributed by atoms with Gasteiger partial charge in [0.05, 0.1) is 0 Å². The van der Waals surface area contributed by atoms with Gasteiger partial charge in [-0.05, 0) is 50.5 Å². The number of benzene rings is 1. The van der Waals surface area contributed by atoms with E-state index in [0.29, 0.717) is 0 Å². The van der Waals surface area contributed by atoms with Crippen LogP contribution in [0.4, 0.5) is 0 Å². The van der Waals surface area contributed by atoms with Crippen LogP contribution >= 0.6 is 0 Å². The number of ether oxygens (including phenoxy) is 3. The molecule has 0 radical (unpaired) electrons. The van der Waals surface area contributed by atoms with Gasteiger partial charge < -0.3 is 14.2 Å². The predicted molar refractivity (Wildman–Crippen MR) is 121 cm³/mol. The zero-order valence-corrected chi connectivity index (χ0v) is 18.6. The summed E-state index contributed by atoms with van der Waals surface area (Å²) in [7, 11) is 0. The van der Waals surface area contributed by atoms with E-state index in [-0.39, 0.29) is 6.29 Å². The van der Waals surface area contributed by atoms with Crippen LogP contribution in [0.5, 0.6) is 0 Å². The van der Waals surface area contributed by atoms with Crippen molar-refractivity contribution in [2.24, 2.45) is 0 Å². The maximum atomic E-state index is 5.78. The van der Waals surface area contributed by atoms with Crippen LogP contribution in [-0.2, 0) is 20.6 Å². The summed E-state index contributed by atoms with van der Waals surface area (Å²) in [5, 5.41) is 0. The van der Waals surface area contributed by atoms with Crippen molar-refractivity contribution in [3.8, 4) is 0 Å². The van der Waals surface area contributed by atoms with Gasteiger partial charge in [-0.15, -0.1) is 0 Å². The van der Waals surface area contributed by atoms with Gasteiger partial charge in [0.2, 0.25) is 0 Å². The summed E-state index contributed by atoms with van der Waals surface area (Å²) in [4.78, 5) is 0. The summed E-state index contributed by atoms with van der Waals surface area (Å²) in [6.07, 6.45) is 19.2. The summed E-state index contributed by atoms with van der Waals surface area (Å²) >= 11 is 0. The number of unbranched alkanes of at least 4 members (excludes halogenated alkanes) is 9. The van der Waals surface area contributed by atoms with Crippen molar-refractivity contribution >= 4 is 0 Å². The minimum atomic E-state index is 0.0865. The molecule has 0 aliphatic carbocycles. The van der Waals surface area contributed by atoms with E-state index in [1.165, 1.54) is 82.6 Å². The molecule has 1 atom stereocenters. The Bertz CT molecular complexity index is 456. The smallest absolute Gasteiger partial charge is 0.157 e. The molecule has 1 heterocycles. The lowest BCUT2D eigenvalue weighted by Gasteiger charge is -2.22. The standard InChI is InChI=1S/C26H44O3/c1(2-4-6-8-14-23-28-26-20-12-15-24-29-26)3-5-7-13-21-27-22-16-19-25-17-10-9-11-18-25/h9-11,17-18,26H,1-8,12-16,19-24H2. The van der Waals surface area contributed by atoms with E-state index in [9.17, 15) is 0 Å². The third kappa shape index (κ3) is 13.9. The van der Waals surface area contributed by atoms with Gasteiger partial charge in [0.1, 0.15) is 0 Å². The molecule has 0 amide bonds. The molecule has 29 heavy (non-hydrogen) atoms. The third-order valence-corrected chi connectivity index (χ3v) is 5.72. The van der Waals surface area contributed by atoms with Crippen LogP contribution in [0.3, 0.4) is 0 Å². The first-order chi connectivity index (χ1) is 14.4. The molecule has 3 nitrogen and oxygen atoms in total. The maximum absolute atomic E-state index is 5.78. The van der Waals surface area contributed by atoms with Crippen molar-refractivity contribution < 1.29 is 14.2 Å². The molecule has 1 fully saturated rings. The SMILES string of the molecule is c1ccc(CCCOCCCCCCCCCCCCOC2CCCCO2)cc1. The van der Waals surface area contributed by atoms with Crippen LogP contribution in [0.1, 0.15) is 95.5 Å². The quantitative estimate of drug-likeness (QED) is 0.245. The predicted octanol–water partition coefficient (Wildman–Crippen LogP) is 7.08. The van der Waals surface area contributed by atoms with Crippen LogP contribution in [0.25, 0.3) is 0 Å². The molecule has 0 saturated carbocycles. The Morgan fingerprint density at radius 2 is 1.31 bits per heavy atom. The highest BCUT2D eigenvalue weighted by molar-refractivity contribution is 5.14. The fourth-order valence-electron chi connectivity index (χ4n) is 3.90. The van der Waals surface area contributed by atoms with Gasteiger partial charge in [-0.1, -0.05) is 81.7 Å². The number of aryl methyl sites for hydroxylation is 1. The first-order valence-corrected chi connectivity index (χ1v) is 12.3. The molecular formula is C26H44O3. The van der Waals surface area contributed by atoms with Crippen molar-refractivity contribution in [2.45, 2.75) is 103 Å². The minimum Gasteiger partial charge on any atom is -0.381 e. The molecule has 1 unspecified atom stereocenters. The average molecular weight is 405 g/mol. The van der Waals surface area contributed by atoms with Gasteiger partial charge in [0.25, 0.3) is 0 Å².